The smallest absolute Gasteiger partial charge is 0.307 e. The van der Waals surface area contributed by atoms with E-state index in [1.54, 1.807) is 0 Å². The molecule has 2 N–H and O–H groups in total. The molecule has 5 heteroatoms. The minimum Gasteiger partial charge on any atom is -0.481 e. The van der Waals surface area contributed by atoms with Crippen LogP contribution >= 0.6 is 0 Å². The lowest BCUT2D eigenvalue weighted by Gasteiger charge is -2.10. The van der Waals surface area contributed by atoms with Crippen LogP contribution in [0.2, 0.25) is 0 Å². The summed E-state index contributed by atoms with van der Waals surface area (Å²) in [6.07, 6.45) is 4.63. The van der Waals surface area contributed by atoms with E-state index in [2.05, 4.69) is 5.32 Å². The molecule has 0 aromatic heterocycles. The lowest BCUT2D eigenvalue weighted by molar-refractivity contribution is -0.136. The molecule has 0 atom stereocenters. The molecule has 1 aliphatic rings. The highest BCUT2D eigenvalue weighted by Crippen LogP contribution is 2.27. The van der Waals surface area contributed by atoms with Crippen LogP contribution in [0.15, 0.2) is 18.2 Å². The van der Waals surface area contributed by atoms with Crippen molar-refractivity contribution in [1.82, 2.24) is 0 Å². The van der Waals surface area contributed by atoms with Gasteiger partial charge in [-0.2, -0.15) is 0 Å². The van der Waals surface area contributed by atoms with Gasteiger partial charge in [-0.15, -0.1) is 0 Å². The third-order valence-corrected chi connectivity index (χ3v) is 3.63. The molecule has 1 fully saturated rings. The van der Waals surface area contributed by atoms with E-state index >= 15 is 0 Å². The second-order valence-corrected chi connectivity index (χ2v) is 5.28. The number of carbonyl (C=O) groups excluding carboxylic acids is 1. The van der Waals surface area contributed by atoms with Crippen molar-refractivity contribution in [3.05, 3.63) is 29.6 Å². The molecule has 4 nitrogen and oxygen atoms in total. The third kappa shape index (κ3) is 4.05. The molecule has 0 radical (unpaired) electrons. The first-order valence-electron chi connectivity index (χ1n) is 6.84. The summed E-state index contributed by atoms with van der Waals surface area (Å²) >= 11 is 0. The van der Waals surface area contributed by atoms with Crippen molar-refractivity contribution >= 4 is 17.6 Å². The summed E-state index contributed by atoms with van der Waals surface area (Å²) in [5, 5.41) is 11.3. The monoisotopic (exact) mass is 279 g/mol. The van der Waals surface area contributed by atoms with Crippen LogP contribution in [0.1, 0.15) is 37.7 Å². The summed E-state index contributed by atoms with van der Waals surface area (Å²) in [6, 6.07) is 4.10. The Morgan fingerprint density at radius 3 is 2.60 bits per heavy atom. The van der Waals surface area contributed by atoms with Crippen molar-refractivity contribution in [2.45, 2.75) is 38.5 Å². The summed E-state index contributed by atoms with van der Waals surface area (Å²) in [4.78, 5) is 22.4. The summed E-state index contributed by atoms with van der Waals surface area (Å²) in [6.45, 7) is 0. The van der Waals surface area contributed by atoms with E-state index in [4.69, 9.17) is 5.11 Å². The molecule has 0 aliphatic heterocycles. The highest BCUT2D eigenvalue weighted by molar-refractivity contribution is 5.90. The van der Waals surface area contributed by atoms with Gasteiger partial charge in [-0.1, -0.05) is 18.9 Å². The molecule has 1 amide bonds. The molecule has 0 spiro atoms. The van der Waals surface area contributed by atoms with Gasteiger partial charge in [-0.3, -0.25) is 9.59 Å². The average molecular weight is 279 g/mol. The molecule has 0 bridgehead atoms. The number of carbonyl (C=O) groups is 2. The minimum absolute atomic E-state index is 0.109. The fourth-order valence-corrected chi connectivity index (χ4v) is 2.62. The molecule has 1 aliphatic carbocycles. The number of aliphatic carboxylic acids is 1. The van der Waals surface area contributed by atoms with E-state index in [1.807, 2.05) is 0 Å². The Morgan fingerprint density at radius 1 is 1.30 bits per heavy atom. The highest BCUT2D eigenvalue weighted by atomic mass is 19.1. The first-order chi connectivity index (χ1) is 9.54. The van der Waals surface area contributed by atoms with Crippen LogP contribution < -0.4 is 5.32 Å². The first-order valence-corrected chi connectivity index (χ1v) is 6.84. The number of anilines is 1. The number of hydrogen-bond donors (Lipinski definition) is 2. The zero-order chi connectivity index (χ0) is 14.5. The summed E-state index contributed by atoms with van der Waals surface area (Å²) in [7, 11) is 0. The Morgan fingerprint density at radius 2 is 2.00 bits per heavy atom. The molecule has 1 aromatic rings. The number of hydrogen-bond acceptors (Lipinski definition) is 2. The second kappa shape index (κ2) is 6.50. The van der Waals surface area contributed by atoms with E-state index in [-0.39, 0.29) is 17.9 Å². The van der Waals surface area contributed by atoms with Gasteiger partial charge >= 0.3 is 5.97 Å². The summed E-state index contributed by atoms with van der Waals surface area (Å²) < 4.78 is 13.7. The molecular weight excluding hydrogens is 261 g/mol. The van der Waals surface area contributed by atoms with Gasteiger partial charge in [0, 0.05) is 12.1 Å². The van der Waals surface area contributed by atoms with Crippen LogP contribution in [0.25, 0.3) is 0 Å². The number of carboxylic acid groups (broad SMARTS) is 1. The Hall–Kier alpha value is -1.91. The molecule has 0 unspecified atom stereocenters. The topological polar surface area (TPSA) is 66.4 Å². The molecule has 2 rings (SSSR count). The number of halogens is 1. The van der Waals surface area contributed by atoms with E-state index < -0.39 is 11.8 Å². The molecule has 20 heavy (non-hydrogen) atoms. The Kier molecular flexibility index (Phi) is 4.71. The van der Waals surface area contributed by atoms with Gasteiger partial charge in [-0.05, 0) is 36.5 Å². The van der Waals surface area contributed by atoms with Crippen LogP contribution in [0.5, 0.6) is 0 Å². The van der Waals surface area contributed by atoms with Crippen LogP contribution in [-0.2, 0) is 16.0 Å². The molecule has 0 saturated heterocycles. The zero-order valence-electron chi connectivity index (χ0n) is 11.2. The summed E-state index contributed by atoms with van der Waals surface area (Å²) in [5.74, 6) is -1.36. The largest absolute Gasteiger partial charge is 0.481 e. The van der Waals surface area contributed by atoms with E-state index in [0.717, 1.165) is 12.8 Å². The number of nitrogens with one attached hydrogen (secondary N) is 1. The zero-order valence-corrected chi connectivity index (χ0v) is 11.2. The lowest BCUT2D eigenvalue weighted by atomic mass is 10.0. The third-order valence-electron chi connectivity index (χ3n) is 3.63. The maximum absolute atomic E-state index is 13.7. The van der Waals surface area contributed by atoms with Crippen LogP contribution in [0, 0.1) is 11.7 Å². The normalized spacial score (nSPS) is 15.2. The first kappa shape index (κ1) is 14.5. The number of amides is 1. The van der Waals surface area contributed by atoms with Crippen molar-refractivity contribution < 1.29 is 19.1 Å². The van der Waals surface area contributed by atoms with Gasteiger partial charge in [0.05, 0.1) is 6.42 Å². The van der Waals surface area contributed by atoms with Gasteiger partial charge in [0.2, 0.25) is 5.91 Å². The van der Waals surface area contributed by atoms with Gasteiger partial charge in [0.25, 0.3) is 0 Å². The average Bonchev–Trinajstić information content (AvgIpc) is 2.85. The molecule has 1 saturated carbocycles. The maximum Gasteiger partial charge on any atom is 0.307 e. The van der Waals surface area contributed by atoms with Gasteiger partial charge in [0.1, 0.15) is 5.82 Å². The molecule has 0 heterocycles. The van der Waals surface area contributed by atoms with Gasteiger partial charge in [-0.25, -0.2) is 4.39 Å². The second-order valence-electron chi connectivity index (χ2n) is 5.28. The van der Waals surface area contributed by atoms with Crippen molar-refractivity contribution in [2.24, 2.45) is 5.92 Å². The fourth-order valence-electron chi connectivity index (χ4n) is 2.62. The number of carboxylic acids is 1. The van der Waals surface area contributed by atoms with Gasteiger partial charge < -0.3 is 10.4 Å². The van der Waals surface area contributed by atoms with E-state index in [9.17, 15) is 14.0 Å². The quantitative estimate of drug-likeness (QED) is 0.870. The van der Waals surface area contributed by atoms with Crippen molar-refractivity contribution in [2.75, 3.05) is 5.32 Å². The standard InChI is InChI=1S/C15H18FNO3/c16-13-9-12(6-5-11(13)8-15(19)20)17-14(18)7-10-3-1-2-4-10/h5-6,9-10H,1-4,7-8H2,(H,17,18)(H,19,20). The fraction of sp³-hybridized carbons (Fsp3) is 0.467. The minimum atomic E-state index is -1.08. The van der Waals surface area contributed by atoms with Crippen LogP contribution in [0.4, 0.5) is 10.1 Å². The predicted octanol–water partition coefficient (Wildman–Crippen LogP) is 2.97. The van der Waals surface area contributed by atoms with E-state index in [1.165, 1.54) is 31.0 Å². The Labute approximate surface area is 117 Å². The molecular formula is C15H18FNO3. The SMILES string of the molecule is O=C(O)Cc1ccc(NC(=O)CC2CCCC2)cc1F. The van der Waals surface area contributed by atoms with Crippen molar-refractivity contribution in [1.29, 1.82) is 0 Å². The number of rotatable bonds is 5. The lowest BCUT2D eigenvalue weighted by Crippen LogP contribution is -2.15. The number of benzene rings is 1. The van der Waals surface area contributed by atoms with Crippen molar-refractivity contribution in [3.8, 4) is 0 Å². The Bertz CT molecular complexity index is 510. The van der Waals surface area contributed by atoms with Crippen molar-refractivity contribution in [3.63, 3.8) is 0 Å². The summed E-state index contributed by atoms with van der Waals surface area (Å²) in [5.41, 5.74) is 0.492. The maximum atomic E-state index is 13.7. The predicted molar refractivity (Wildman–Crippen MR) is 72.9 cm³/mol. The van der Waals surface area contributed by atoms with Gasteiger partial charge in [0.15, 0.2) is 0 Å². The molecule has 1 aromatic carbocycles. The highest BCUT2D eigenvalue weighted by Gasteiger charge is 2.18. The Balaban J connectivity index is 1.93. The molecule has 108 valence electrons. The van der Waals surface area contributed by atoms with Crippen LogP contribution in [-0.4, -0.2) is 17.0 Å². The van der Waals surface area contributed by atoms with E-state index in [0.29, 0.717) is 18.0 Å². The van der Waals surface area contributed by atoms with Crippen LogP contribution in [0.3, 0.4) is 0 Å².